The molecule has 1 aromatic carbocycles. The highest BCUT2D eigenvalue weighted by molar-refractivity contribution is 9.10. The largest absolute Gasteiger partial charge is 0.324 e. The van der Waals surface area contributed by atoms with E-state index in [0.29, 0.717) is 10.6 Å². The molecule has 1 rings (SSSR count). The number of hydrogen-bond donors (Lipinski definition) is 1. The van der Waals surface area contributed by atoms with E-state index in [1.54, 1.807) is 18.2 Å². The predicted octanol–water partition coefficient (Wildman–Crippen LogP) is 2.67. The predicted molar refractivity (Wildman–Crippen MR) is 59.8 cm³/mol. The molecule has 0 fully saturated rings. The number of hydrogen-bond acceptors (Lipinski definition) is 2. The maximum atomic E-state index is 11.2. The van der Waals surface area contributed by atoms with Crippen LogP contribution in [0.25, 0.3) is 0 Å². The molecule has 0 amide bonds. The molecular weight excluding hydrogens is 277 g/mol. The lowest BCUT2D eigenvalue weighted by atomic mass is 10.1. The number of Topliss-reactive ketones (excluding diaryl/α,β-unsaturated/α-hetero) is 1. The first kappa shape index (κ1) is 12.9. The number of nitrogens with two attached hydrogens (primary N) is 1. The van der Waals surface area contributed by atoms with Crippen molar-refractivity contribution in [1.29, 1.82) is 0 Å². The second kappa shape index (κ2) is 5.60. The first-order valence-electron chi connectivity index (χ1n) is 3.33. The lowest BCUT2D eigenvalue weighted by Crippen LogP contribution is -2.13. The zero-order valence-corrected chi connectivity index (χ0v) is 9.75. The Morgan fingerprint density at radius 3 is 2.69 bits per heavy atom. The van der Waals surface area contributed by atoms with Crippen LogP contribution < -0.4 is 5.73 Å². The van der Waals surface area contributed by atoms with Gasteiger partial charge < -0.3 is 5.73 Å². The summed E-state index contributed by atoms with van der Waals surface area (Å²) in [6, 6.07) is 5.03. The lowest BCUT2D eigenvalue weighted by molar-refractivity contribution is 0.100. The van der Waals surface area contributed by atoms with E-state index in [1.807, 2.05) is 0 Å². The Hall–Kier alpha value is -0.0900. The molecule has 0 atom stereocenters. The van der Waals surface area contributed by atoms with Gasteiger partial charge in [0.15, 0.2) is 5.78 Å². The van der Waals surface area contributed by atoms with Crippen LogP contribution in [0, 0.1) is 0 Å². The Labute approximate surface area is 96.0 Å². The molecule has 0 aliphatic heterocycles. The minimum Gasteiger partial charge on any atom is -0.324 e. The van der Waals surface area contributed by atoms with E-state index in [0.717, 1.165) is 4.47 Å². The molecule has 72 valence electrons. The van der Waals surface area contributed by atoms with E-state index in [4.69, 9.17) is 17.3 Å². The molecule has 0 saturated heterocycles. The summed E-state index contributed by atoms with van der Waals surface area (Å²) in [6.45, 7) is -0.00105. The summed E-state index contributed by atoms with van der Waals surface area (Å²) in [5.74, 6) is -0.121. The molecule has 0 saturated carbocycles. The Morgan fingerprint density at radius 2 is 2.15 bits per heavy atom. The lowest BCUT2D eigenvalue weighted by Gasteiger charge is -2.01. The molecule has 0 unspecified atom stereocenters. The molecule has 2 nitrogen and oxygen atoms in total. The number of ketones is 1. The van der Waals surface area contributed by atoms with Crippen LogP contribution in [0.1, 0.15) is 10.4 Å². The molecule has 13 heavy (non-hydrogen) atoms. The van der Waals surface area contributed by atoms with E-state index in [1.165, 1.54) is 0 Å². The van der Waals surface area contributed by atoms with Crippen molar-refractivity contribution in [1.82, 2.24) is 0 Å². The first-order valence-corrected chi connectivity index (χ1v) is 4.50. The number of carbonyl (C=O) groups is 1. The molecule has 0 aromatic heterocycles. The third-order valence-electron chi connectivity index (χ3n) is 1.41. The SMILES string of the molecule is Cl.NCC(=O)c1cc(Cl)ccc1Br. The van der Waals surface area contributed by atoms with Gasteiger partial charge in [0.1, 0.15) is 0 Å². The van der Waals surface area contributed by atoms with Crippen molar-refractivity contribution in [3.05, 3.63) is 33.3 Å². The second-order valence-corrected chi connectivity index (χ2v) is 3.54. The van der Waals surface area contributed by atoms with Gasteiger partial charge in [0.25, 0.3) is 0 Å². The molecule has 5 heteroatoms. The average molecular weight is 285 g/mol. The molecular formula is C8H8BrCl2NO. The number of halogens is 3. The van der Waals surface area contributed by atoms with Gasteiger partial charge in [-0.2, -0.15) is 0 Å². The van der Waals surface area contributed by atoms with Crippen LogP contribution in [0.5, 0.6) is 0 Å². The maximum Gasteiger partial charge on any atom is 0.177 e. The van der Waals surface area contributed by atoms with Gasteiger partial charge in [-0.05, 0) is 18.2 Å². The van der Waals surface area contributed by atoms with Gasteiger partial charge in [-0.1, -0.05) is 27.5 Å². The van der Waals surface area contributed by atoms with Crippen LogP contribution >= 0.6 is 39.9 Å². The van der Waals surface area contributed by atoms with Gasteiger partial charge >= 0.3 is 0 Å². The van der Waals surface area contributed by atoms with Gasteiger partial charge in [-0.15, -0.1) is 12.4 Å². The van der Waals surface area contributed by atoms with Gasteiger partial charge in [0.2, 0.25) is 0 Å². The second-order valence-electron chi connectivity index (χ2n) is 2.25. The molecule has 0 heterocycles. The Bertz CT molecular complexity index is 317. The zero-order valence-electron chi connectivity index (χ0n) is 6.59. The molecule has 0 spiro atoms. The normalized spacial score (nSPS) is 9.15. The minimum atomic E-state index is -0.121. The van der Waals surface area contributed by atoms with Crippen LogP contribution in [-0.2, 0) is 0 Å². The van der Waals surface area contributed by atoms with E-state index in [2.05, 4.69) is 15.9 Å². The van der Waals surface area contributed by atoms with Crippen molar-refractivity contribution in [3.63, 3.8) is 0 Å². The van der Waals surface area contributed by atoms with Crippen molar-refractivity contribution >= 4 is 45.7 Å². The van der Waals surface area contributed by atoms with Crippen LogP contribution in [-0.4, -0.2) is 12.3 Å². The Morgan fingerprint density at radius 1 is 1.54 bits per heavy atom. The highest BCUT2D eigenvalue weighted by atomic mass is 79.9. The van der Waals surface area contributed by atoms with Crippen LogP contribution in [0.4, 0.5) is 0 Å². The summed E-state index contributed by atoms with van der Waals surface area (Å²) in [5.41, 5.74) is 5.74. The molecule has 1 aromatic rings. The summed E-state index contributed by atoms with van der Waals surface area (Å²) in [6.07, 6.45) is 0. The number of rotatable bonds is 2. The zero-order chi connectivity index (χ0) is 9.14. The molecule has 2 N–H and O–H groups in total. The van der Waals surface area contributed by atoms with E-state index in [-0.39, 0.29) is 24.7 Å². The van der Waals surface area contributed by atoms with Crippen molar-refractivity contribution < 1.29 is 4.79 Å². The number of benzene rings is 1. The molecule has 0 aliphatic carbocycles. The Kier molecular flexibility index (Phi) is 5.56. The maximum absolute atomic E-state index is 11.2. The highest BCUT2D eigenvalue weighted by Crippen LogP contribution is 2.21. The van der Waals surface area contributed by atoms with Gasteiger partial charge in [-0.3, -0.25) is 4.79 Å². The van der Waals surface area contributed by atoms with Crippen molar-refractivity contribution in [2.24, 2.45) is 5.73 Å². The fourth-order valence-electron chi connectivity index (χ4n) is 0.821. The van der Waals surface area contributed by atoms with Gasteiger partial charge in [0, 0.05) is 15.1 Å². The monoisotopic (exact) mass is 283 g/mol. The summed E-state index contributed by atoms with van der Waals surface area (Å²) < 4.78 is 0.724. The molecule has 0 bridgehead atoms. The van der Waals surface area contributed by atoms with E-state index in [9.17, 15) is 4.79 Å². The summed E-state index contributed by atoms with van der Waals surface area (Å²) in [5, 5.41) is 0.537. The summed E-state index contributed by atoms with van der Waals surface area (Å²) in [4.78, 5) is 11.2. The quantitative estimate of drug-likeness (QED) is 0.849. The standard InChI is InChI=1S/C8H7BrClNO.ClH/c9-7-2-1-5(10)3-6(7)8(12)4-11;/h1-3H,4,11H2;1H. The fraction of sp³-hybridized carbons (Fsp3) is 0.125. The molecule has 0 aliphatic rings. The third-order valence-corrected chi connectivity index (χ3v) is 2.34. The van der Waals surface area contributed by atoms with Crippen LogP contribution in [0.15, 0.2) is 22.7 Å². The number of carbonyl (C=O) groups excluding carboxylic acids is 1. The topological polar surface area (TPSA) is 43.1 Å². The van der Waals surface area contributed by atoms with Crippen LogP contribution in [0.2, 0.25) is 5.02 Å². The van der Waals surface area contributed by atoms with Gasteiger partial charge in [-0.25, -0.2) is 0 Å². The average Bonchev–Trinajstić information content (AvgIpc) is 2.08. The van der Waals surface area contributed by atoms with E-state index < -0.39 is 0 Å². The summed E-state index contributed by atoms with van der Waals surface area (Å²) in [7, 11) is 0. The Balaban J connectivity index is 0.00000144. The third kappa shape index (κ3) is 3.27. The van der Waals surface area contributed by atoms with Crippen LogP contribution in [0.3, 0.4) is 0 Å². The van der Waals surface area contributed by atoms with E-state index >= 15 is 0 Å². The first-order chi connectivity index (χ1) is 5.65. The highest BCUT2D eigenvalue weighted by Gasteiger charge is 2.07. The minimum absolute atomic E-state index is 0. The smallest absolute Gasteiger partial charge is 0.177 e. The summed E-state index contributed by atoms with van der Waals surface area (Å²) >= 11 is 8.94. The fourth-order valence-corrected chi connectivity index (χ4v) is 1.46. The van der Waals surface area contributed by atoms with Crippen molar-refractivity contribution in [2.75, 3.05) is 6.54 Å². The molecule has 0 radical (unpaired) electrons. The van der Waals surface area contributed by atoms with Crippen molar-refractivity contribution in [3.8, 4) is 0 Å². The van der Waals surface area contributed by atoms with Crippen molar-refractivity contribution in [2.45, 2.75) is 0 Å². The van der Waals surface area contributed by atoms with Gasteiger partial charge in [0.05, 0.1) is 6.54 Å².